The Morgan fingerprint density at radius 1 is 0.560 bits per heavy atom. The standard InChI is InChI=1S/C23H29.C15H8F6.C5H5.Hf/c1-14-9-16-11-17-10-15(2)21(23(6,7)8)13-19(17)18(16)12-20(14)22(3,4)5;16-14(17,18)12-5-1-3-10(8-12)7-11-4-2-6-13(9-11)15(19,20)21;1-2-4-5-3-1;/h9-13H,1-8H3;1-6,8-9H;1-5H;. The number of halogens is 6. The molecule has 0 radical (unpaired) electrons. The summed E-state index contributed by atoms with van der Waals surface area (Å²) in [6.45, 7) is 17.3. The van der Waals surface area contributed by atoms with Gasteiger partial charge < -0.3 is 0 Å². The van der Waals surface area contributed by atoms with Gasteiger partial charge in [0.2, 0.25) is 0 Å². The summed E-state index contributed by atoms with van der Waals surface area (Å²) in [6.07, 6.45) is -1.09. The van der Waals surface area contributed by atoms with Gasteiger partial charge in [-0.25, -0.2) is 0 Å². The second kappa shape index (κ2) is 12.7. The Morgan fingerprint density at radius 2 is 0.960 bits per heavy atom. The van der Waals surface area contributed by atoms with Crippen LogP contribution < -0.4 is 0 Å². The van der Waals surface area contributed by atoms with E-state index in [0.29, 0.717) is 14.4 Å². The topological polar surface area (TPSA) is 0 Å². The maximum absolute atomic E-state index is 14.2. The van der Waals surface area contributed by atoms with E-state index in [0.717, 1.165) is 57.6 Å². The van der Waals surface area contributed by atoms with E-state index < -0.39 is 44.4 Å². The normalized spacial score (nSPS) is 15.1. The van der Waals surface area contributed by atoms with Crippen molar-refractivity contribution in [1.82, 2.24) is 0 Å². The van der Waals surface area contributed by atoms with Crippen molar-refractivity contribution in [3.63, 3.8) is 0 Å². The van der Waals surface area contributed by atoms with Crippen LogP contribution in [-0.4, -0.2) is 3.26 Å². The minimum absolute atomic E-state index is 0.0897. The molecular weight excluding hydrogens is 809 g/mol. The molecule has 0 aromatic heterocycles. The number of allylic oxidation sites excluding steroid dienone is 4. The molecule has 0 amide bonds. The molecule has 0 saturated carbocycles. The van der Waals surface area contributed by atoms with Crippen molar-refractivity contribution in [1.29, 1.82) is 0 Å². The molecule has 50 heavy (non-hydrogen) atoms. The fraction of sp³-hybridized carbons (Fsp3) is 0.326. The van der Waals surface area contributed by atoms with E-state index in [9.17, 15) is 26.3 Å². The zero-order valence-electron chi connectivity index (χ0n) is 29.7. The van der Waals surface area contributed by atoms with Crippen LogP contribution in [0.4, 0.5) is 26.3 Å². The van der Waals surface area contributed by atoms with E-state index in [2.05, 4.69) is 91.8 Å². The summed E-state index contributed by atoms with van der Waals surface area (Å²) >= 11 is -3.82. The summed E-state index contributed by atoms with van der Waals surface area (Å²) in [7, 11) is 0. The number of hydrogen-bond donors (Lipinski definition) is 0. The molecule has 0 unspecified atom stereocenters. The van der Waals surface area contributed by atoms with Crippen LogP contribution in [0, 0.1) is 13.8 Å². The van der Waals surface area contributed by atoms with Crippen molar-refractivity contribution < 1.29 is 47.3 Å². The molecule has 0 fully saturated rings. The van der Waals surface area contributed by atoms with E-state index in [1.54, 1.807) is 12.1 Å². The summed E-state index contributed by atoms with van der Waals surface area (Å²) in [5, 5.41) is 0. The second-order valence-corrected chi connectivity index (χ2v) is 25.3. The van der Waals surface area contributed by atoms with E-state index in [-0.39, 0.29) is 18.2 Å². The Bertz CT molecular complexity index is 1940. The van der Waals surface area contributed by atoms with Crippen molar-refractivity contribution in [2.75, 3.05) is 0 Å². The van der Waals surface area contributed by atoms with Crippen LogP contribution in [0.3, 0.4) is 0 Å². The van der Waals surface area contributed by atoms with Crippen molar-refractivity contribution >= 4 is 3.26 Å². The molecule has 4 aromatic carbocycles. The zero-order valence-corrected chi connectivity index (χ0v) is 33.3. The molecule has 4 aromatic rings. The number of benzene rings is 4. The first-order valence-corrected chi connectivity index (χ1v) is 22.9. The first-order valence-electron chi connectivity index (χ1n) is 16.9. The number of aryl methyl sites for hydroxylation is 2. The van der Waals surface area contributed by atoms with Gasteiger partial charge in [0.25, 0.3) is 0 Å². The molecular formula is C43H42F6Hf. The van der Waals surface area contributed by atoms with E-state index in [4.69, 9.17) is 0 Å². The van der Waals surface area contributed by atoms with Crippen LogP contribution in [0.2, 0.25) is 3.67 Å². The third-order valence-electron chi connectivity index (χ3n) is 9.99. The number of fused-ring (bicyclic) bond motifs is 3. The second-order valence-electron chi connectivity index (χ2n) is 15.7. The number of alkyl halides is 6. The van der Waals surface area contributed by atoms with Gasteiger partial charge in [0.1, 0.15) is 0 Å². The molecule has 0 bridgehead atoms. The van der Waals surface area contributed by atoms with E-state index >= 15 is 0 Å². The summed E-state index contributed by atoms with van der Waals surface area (Å²) < 4.78 is 85.9. The summed E-state index contributed by atoms with van der Waals surface area (Å²) in [5.41, 5.74) is 7.97. The molecule has 0 aliphatic heterocycles. The molecule has 260 valence electrons. The van der Waals surface area contributed by atoms with Crippen LogP contribution >= 0.6 is 0 Å². The SMILES string of the molecule is Cc1cc2c(cc1C(C)(C)C)-c1cc(C(C)(C)C)c(C)cc1[CH]2[Hf](=[C](c1cccc(C(F)(F)F)c1)c1cccc(C(F)(F)F)c1)[CH]1C=CC=C1. The van der Waals surface area contributed by atoms with Gasteiger partial charge in [-0.05, 0) is 0 Å². The quantitative estimate of drug-likeness (QED) is 0.142. The average molecular weight is 851 g/mol. The Morgan fingerprint density at radius 3 is 1.32 bits per heavy atom. The monoisotopic (exact) mass is 852 g/mol. The Labute approximate surface area is 299 Å². The van der Waals surface area contributed by atoms with Crippen LogP contribution in [0.5, 0.6) is 0 Å². The minimum atomic E-state index is -4.61. The van der Waals surface area contributed by atoms with Gasteiger partial charge in [0, 0.05) is 0 Å². The summed E-state index contributed by atoms with van der Waals surface area (Å²) in [4.78, 5) is 0. The van der Waals surface area contributed by atoms with Gasteiger partial charge in [-0.3, -0.25) is 0 Å². The third-order valence-corrected chi connectivity index (χ3v) is 22.6. The van der Waals surface area contributed by atoms with Crippen molar-refractivity contribution in [3.05, 3.63) is 153 Å². The first-order chi connectivity index (χ1) is 23.2. The van der Waals surface area contributed by atoms with Crippen LogP contribution in [0.15, 0.2) is 97.1 Å². The van der Waals surface area contributed by atoms with Crippen molar-refractivity contribution in [2.24, 2.45) is 0 Å². The Hall–Kier alpha value is -3.32. The molecule has 0 saturated heterocycles. The number of rotatable bonds is 4. The van der Waals surface area contributed by atoms with Crippen LogP contribution in [0.1, 0.15) is 101 Å². The molecule has 2 aliphatic carbocycles. The van der Waals surface area contributed by atoms with Crippen molar-refractivity contribution in [3.8, 4) is 11.1 Å². The van der Waals surface area contributed by atoms with Gasteiger partial charge in [0.05, 0.1) is 0 Å². The summed E-state index contributed by atoms with van der Waals surface area (Å²) in [5.74, 6) is 0. The third kappa shape index (κ3) is 6.83. The van der Waals surface area contributed by atoms with Crippen LogP contribution in [0.25, 0.3) is 11.1 Å². The Kier molecular flexibility index (Phi) is 9.28. The molecule has 7 heteroatoms. The molecule has 0 nitrogen and oxygen atoms in total. The predicted octanol–water partition coefficient (Wildman–Crippen LogP) is 12.8. The van der Waals surface area contributed by atoms with Crippen LogP contribution in [-0.2, 0) is 44.1 Å². The van der Waals surface area contributed by atoms with Gasteiger partial charge in [-0.1, -0.05) is 0 Å². The molecule has 0 spiro atoms. The van der Waals surface area contributed by atoms with Gasteiger partial charge in [-0.2, -0.15) is 0 Å². The molecule has 6 rings (SSSR count). The zero-order chi connectivity index (χ0) is 36.6. The molecule has 0 atom stereocenters. The van der Waals surface area contributed by atoms with E-state index in [1.807, 2.05) is 12.2 Å². The molecule has 0 heterocycles. The summed E-state index contributed by atoms with van der Waals surface area (Å²) in [6, 6.07) is 19.5. The van der Waals surface area contributed by atoms with Gasteiger partial charge >= 0.3 is 300 Å². The fourth-order valence-corrected chi connectivity index (χ4v) is 21.4. The van der Waals surface area contributed by atoms with Crippen molar-refractivity contribution in [2.45, 2.75) is 85.9 Å². The number of hydrogen-bond acceptors (Lipinski definition) is 0. The van der Waals surface area contributed by atoms with E-state index in [1.165, 1.54) is 23.3 Å². The first kappa shape index (κ1) is 36.5. The maximum atomic E-state index is 14.2. The Balaban J connectivity index is 1.80. The molecule has 2 aliphatic rings. The fourth-order valence-electron chi connectivity index (χ4n) is 7.87. The van der Waals surface area contributed by atoms with Gasteiger partial charge in [-0.15, -0.1) is 0 Å². The predicted molar refractivity (Wildman–Crippen MR) is 189 cm³/mol. The average Bonchev–Trinajstić information content (AvgIpc) is 3.63. The molecule has 0 N–H and O–H groups in total. The van der Waals surface area contributed by atoms with Gasteiger partial charge in [0.15, 0.2) is 0 Å².